The van der Waals surface area contributed by atoms with Crippen LogP contribution in [0.5, 0.6) is 0 Å². The van der Waals surface area contributed by atoms with Crippen molar-refractivity contribution in [2.45, 2.75) is 48.0 Å². The van der Waals surface area contributed by atoms with Crippen molar-refractivity contribution in [1.29, 1.82) is 0 Å². The first-order valence-corrected chi connectivity index (χ1v) is 21.8. The standard InChI is InChI=1S/C38H26OS2.C14H14.C3H8/c1-4-6-7-23(5-2)24-9-12-33-27(17-24)28-18-25(10-13-34(28)39-33)26-11-15-36-30(19-26)32-21-37-31(20-38(32)41-36)29-16-22(3)8-14-35(29)40-37;1-11-7-3-5-9-13(11)14-10-6-4-8-12(14)2;1-3-2/h4-21H,1H2,2-3H3;3-10H,1-2H3;3H2,1-2H3/b7-6-,23-5+;;. The molecule has 0 unspecified atom stereocenters. The van der Waals surface area contributed by atoms with Gasteiger partial charge in [-0.15, -0.1) is 22.7 Å². The van der Waals surface area contributed by atoms with Gasteiger partial charge in [0, 0.05) is 51.1 Å². The molecule has 0 saturated heterocycles. The maximum atomic E-state index is 6.23. The fourth-order valence-electron chi connectivity index (χ4n) is 7.76. The van der Waals surface area contributed by atoms with Crippen molar-refractivity contribution >= 4 is 90.5 Å². The van der Waals surface area contributed by atoms with Gasteiger partial charge in [-0.25, -0.2) is 0 Å². The molecule has 3 heteroatoms. The molecule has 0 aliphatic rings. The molecule has 0 atom stereocenters. The second-order valence-corrected chi connectivity index (χ2v) is 17.1. The minimum atomic E-state index is 0.908. The average molecular weight is 789 g/mol. The van der Waals surface area contributed by atoms with Crippen LogP contribution in [0.2, 0.25) is 0 Å². The van der Waals surface area contributed by atoms with E-state index < -0.39 is 0 Å². The Bertz CT molecular complexity index is 3130. The molecular formula is C55H48OS2. The lowest BCUT2D eigenvalue weighted by Crippen LogP contribution is -1.85. The third-order valence-electron chi connectivity index (χ3n) is 10.7. The first-order valence-electron chi connectivity index (χ1n) is 20.1. The number of aryl methyl sites for hydroxylation is 3. The molecule has 0 bridgehead atoms. The van der Waals surface area contributed by atoms with Crippen molar-refractivity contribution in [3.05, 3.63) is 187 Å². The Morgan fingerprint density at radius 1 is 0.552 bits per heavy atom. The summed E-state index contributed by atoms with van der Waals surface area (Å²) in [7, 11) is 0. The lowest BCUT2D eigenvalue weighted by Gasteiger charge is -2.08. The lowest BCUT2D eigenvalue weighted by molar-refractivity contribution is 0.669. The molecule has 10 rings (SSSR count). The number of rotatable bonds is 5. The van der Waals surface area contributed by atoms with E-state index in [-0.39, 0.29) is 0 Å². The maximum absolute atomic E-state index is 6.23. The van der Waals surface area contributed by atoms with Crippen molar-refractivity contribution < 1.29 is 4.42 Å². The van der Waals surface area contributed by atoms with Gasteiger partial charge in [-0.3, -0.25) is 0 Å². The first kappa shape index (κ1) is 38.9. The molecule has 0 N–H and O–H groups in total. The van der Waals surface area contributed by atoms with E-state index in [1.807, 2.05) is 28.7 Å². The van der Waals surface area contributed by atoms with Crippen LogP contribution in [-0.2, 0) is 0 Å². The summed E-state index contributed by atoms with van der Waals surface area (Å²) in [4.78, 5) is 0. The molecular weight excluding hydrogens is 741 g/mol. The monoisotopic (exact) mass is 788 g/mol. The highest BCUT2D eigenvalue weighted by Crippen LogP contribution is 2.43. The molecule has 0 saturated carbocycles. The van der Waals surface area contributed by atoms with Crippen LogP contribution in [0.1, 0.15) is 49.4 Å². The Kier molecular flexibility index (Phi) is 11.3. The van der Waals surface area contributed by atoms with Crippen molar-refractivity contribution in [3.63, 3.8) is 0 Å². The van der Waals surface area contributed by atoms with Crippen molar-refractivity contribution in [3.8, 4) is 22.3 Å². The van der Waals surface area contributed by atoms with Gasteiger partial charge >= 0.3 is 0 Å². The Hall–Kier alpha value is -6.00. The summed E-state index contributed by atoms with van der Waals surface area (Å²) in [6, 6.07) is 48.5. The normalized spacial score (nSPS) is 11.8. The summed E-state index contributed by atoms with van der Waals surface area (Å²) in [5, 5.41) is 7.67. The molecule has 10 aromatic rings. The van der Waals surface area contributed by atoms with Gasteiger partial charge in [-0.05, 0) is 133 Å². The largest absolute Gasteiger partial charge is 0.456 e. The zero-order chi connectivity index (χ0) is 40.3. The van der Waals surface area contributed by atoms with Crippen LogP contribution in [0.15, 0.2) is 169 Å². The molecule has 58 heavy (non-hydrogen) atoms. The highest BCUT2D eigenvalue weighted by Gasteiger charge is 2.14. The van der Waals surface area contributed by atoms with E-state index in [2.05, 4.69) is 194 Å². The average Bonchev–Trinajstić information content (AvgIpc) is 3.91. The van der Waals surface area contributed by atoms with Crippen LogP contribution >= 0.6 is 22.7 Å². The zero-order valence-corrected chi connectivity index (χ0v) is 35.8. The van der Waals surface area contributed by atoms with Gasteiger partial charge in [0.25, 0.3) is 0 Å². The van der Waals surface area contributed by atoms with Gasteiger partial charge in [0.15, 0.2) is 0 Å². The fourth-order valence-corrected chi connectivity index (χ4v) is 9.97. The highest BCUT2D eigenvalue weighted by atomic mass is 32.1. The van der Waals surface area contributed by atoms with Crippen molar-refractivity contribution in [2.75, 3.05) is 0 Å². The van der Waals surface area contributed by atoms with E-state index in [1.165, 1.54) is 91.3 Å². The third kappa shape index (κ3) is 7.56. The van der Waals surface area contributed by atoms with E-state index >= 15 is 0 Å². The number of fused-ring (bicyclic) bond motifs is 9. The van der Waals surface area contributed by atoms with E-state index in [9.17, 15) is 0 Å². The topological polar surface area (TPSA) is 13.1 Å². The number of furan rings is 1. The van der Waals surface area contributed by atoms with E-state index in [1.54, 1.807) is 6.08 Å². The van der Waals surface area contributed by atoms with Crippen LogP contribution in [0, 0.1) is 20.8 Å². The molecule has 0 radical (unpaired) electrons. The molecule has 3 heterocycles. The Morgan fingerprint density at radius 2 is 1.05 bits per heavy atom. The Morgan fingerprint density at radius 3 is 1.64 bits per heavy atom. The smallest absolute Gasteiger partial charge is 0.135 e. The SMILES string of the molecule is C=C/C=C\C(=C/C)c1ccc2oc3ccc(-c4ccc5sc6cc7c(cc6c5c4)sc4ccc(C)cc47)cc3c2c1.CCC.Cc1ccccc1-c1ccccc1C. The molecule has 0 amide bonds. The van der Waals surface area contributed by atoms with Crippen molar-refractivity contribution in [1.82, 2.24) is 0 Å². The predicted octanol–water partition coefficient (Wildman–Crippen LogP) is 17.8. The molecule has 3 aromatic heterocycles. The number of hydrogen-bond donors (Lipinski definition) is 0. The zero-order valence-electron chi connectivity index (χ0n) is 34.2. The van der Waals surface area contributed by atoms with Gasteiger partial charge in [-0.2, -0.15) is 0 Å². The molecule has 0 fully saturated rings. The number of benzene rings is 7. The second-order valence-electron chi connectivity index (χ2n) is 15.0. The summed E-state index contributed by atoms with van der Waals surface area (Å²) in [6.07, 6.45) is 9.25. The maximum Gasteiger partial charge on any atom is 0.135 e. The van der Waals surface area contributed by atoms with Crippen LogP contribution < -0.4 is 0 Å². The number of thiophene rings is 2. The van der Waals surface area contributed by atoms with Crippen LogP contribution in [0.4, 0.5) is 0 Å². The Balaban J connectivity index is 0.000000231. The third-order valence-corrected chi connectivity index (χ3v) is 12.9. The van der Waals surface area contributed by atoms with Crippen LogP contribution in [0.3, 0.4) is 0 Å². The summed E-state index contributed by atoms with van der Waals surface area (Å²) in [5.74, 6) is 0. The predicted molar refractivity (Wildman–Crippen MR) is 260 cm³/mol. The fraction of sp³-hybridized carbons (Fsp3) is 0.127. The summed E-state index contributed by atoms with van der Waals surface area (Å²) < 4.78 is 11.6. The minimum absolute atomic E-state index is 0.908. The quantitative estimate of drug-likeness (QED) is 0.158. The molecule has 286 valence electrons. The van der Waals surface area contributed by atoms with Crippen LogP contribution in [-0.4, -0.2) is 0 Å². The van der Waals surface area contributed by atoms with E-state index in [0.29, 0.717) is 0 Å². The van der Waals surface area contributed by atoms with E-state index in [4.69, 9.17) is 4.42 Å². The summed E-state index contributed by atoms with van der Waals surface area (Å²) in [5.41, 5.74) is 13.2. The summed E-state index contributed by atoms with van der Waals surface area (Å²) in [6.45, 7) is 16.6. The minimum Gasteiger partial charge on any atom is -0.456 e. The van der Waals surface area contributed by atoms with E-state index in [0.717, 1.165) is 27.5 Å². The van der Waals surface area contributed by atoms with Gasteiger partial charge < -0.3 is 4.42 Å². The Labute approximate surface area is 349 Å². The molecule has 0 aliphatic heterocycles. The van der Waals surface area contributed by atoms with Gasteiger partial charge in [0.05, 0.1) is 0 Å². The number of allylic oxidation sites excluding steroid dienone is 5. The van der Waals surface area contributed by atoms with Crippen molar-refractivity contribution in [2.24, 2.45) is 0 Å². The van der Waals surface area contributed by atoms with Crippen LogP contribution in [0.25, 0.3) is 90.1 Å². The van der Waals surface area contributed by atoms with Gasteiger partial charge in [0.2, 0.25) is 0 Å². The molecule has 7 aromatic carbocycles. The first-order chi connectivity index (χ1) is 28.3. The molecule has 0 aliphatic carbocycles. The highest BCUT2D eigenvalue weighted by molar-refractivity contribution is 7.27. The van der Waals surface area contributed by atoms with Gasteiger partial charge in [0.1, 0.15) is 11.2 Å². The summed E-state index contributed by atoms with van der Waals surface area (Å²) >= 11 is 3.78. The van der Waals surface area contributed by atoms with Gasteiger partial charge in [-0.1, -0.05) is 130 Å². The molecule has 1 nitrogen and oxygen atoms in total. The second kappa shape index (κ2) is 16.8. The number of hydrogen-bond acceptors (Lipinski definition) is 3. The lowest BCUT2D eigenvalue weighted by atomic mass is 9.97. The molecule has 0 spiro atoms.